The SMILES string of the molecule is COc1ccc(OCCC(=O)NC2CCNC2)cc1. The summed E-state index contributed by atoms with van der Waals surface area (Å²) in [6, 6.07) is 7.60. The number of nitrogens with one attached hydrogen (secondary N) is 2. The van der Waals surface area contributed by atoms with Crippen LogP contribution in [0.4, 0.5) is 0 Å². The van der Waals surface area contributed by atoms with Gasteiger partial charge in [-0.25, -0.2) is 0 Å². The molecule has 0 aliphatic carbocycles. The average Bonchev–Trinajstić information content (AvgIpc) is 2.92. The fraction of sp³-hybridized carbons (Fsp3) is 0.500. The molecule has 1 aliphatic heterocycles. The molecule has 1 unspecified atom stereocenters. The van der Waals surface area contributed by atoms with Gasteiger partial charge in [0.25, 0.3) is 0 Å². The summed E-state index contributed by atoms with van der Waals surface area (Å²) in [5.41, 5.74) is 0. The molecular formula is C14H20N2O3. The second-order valence-corrected chi connectivity index (χ2v) is 4.53. The lowest BCUT2D eigenvalue weighted by molar-refractivity contribution is -0.122. The summed E-state index contributed by atoms with van der Waals surface area (Å²) in [6.45, 7) is 2.23. The van der Waals surface area contributed by atoms with E-state index < -0.39 is 0 Å². The van der Waals surface area contributed by atoms with Gasteiger partial charge in [-0.3, -0.25) is 4.79 Å². The van der Waals surface area contributed by atoms with Crippen molar-refractivity contribution in [3.05, 3.63) is 24.3 Å². The van der Waals surface area contributed by atoms with Crippen molar-refractivity contribution < 1.29 is 14.3 Å². The van der Waals surface area contributed by atoms with E-state index in [1.54, 1.807) is 7.11 Å². The van der Waals surface area contributed by atoms with Crippen molar-refractivity contribution in [2.45, 2.75) is 18.9 Å². The molecule has 1 aliphatic rings. The molecular weight excluding hydrogens is 244 g/mol. The molecule has 2 rings (SSSR count). The minimum absolute atomic E-state index is 0.0437. The summed E-state index contributed by atoms with van der Waals surface area (Å²) < 4.78 is 10.6. The molecule has 5 heteroatoms. The minimum Gasteiger partial charge on any atom is -0.497 e. The highest BCUT2D eigenvalue weighted by Crippen LogP contribution is 2.16. The number of hydrogen-bond donors (Lipinski definition) is 2. The molecule has 1 fully saturated rings. The van der Waals surface area contributed by atoms with Crippen LogP contribution < -0.4 is 20.1 Å². The van der Waals surface area contributed by atoms with Gasteiger partial charge in [-0.2, -0.15) is 0 Å². The van der Waals surface area contributed by atoms with Gasteiger partial charge < -0.3 is 20.1 Å². The zero-order valence-electron chi connectivity index (χ0n) is 11.1. The van der Waals surface area contributed by atoms with Gasteiger partial charge in [0.2, 0.25) is 5.91 Å². The van der Waals surface area contributed by atoms with E-state index in [-0.39, 0.29) is 11.9 Å². The van der Waals surface area contributed by atoms with E-state index in [4.69, 9.17) is 9.47 Å². The van der Waals surface area contributed by atoms with Crippen molar-refractivity contribution in [3.8, 4) is 11.5 Å². The molecule has 0 saturated carbocycles. The second-order valence-electron chi connectivity index (χ2n) is 4.53. The summed E-state index contributed by atoms with van der Waals surface area (Å²) >= 11 is 0. The summed E-state index contributed by atoms with van der Waals surface area (Å²) in [7, 11) is 1.62. The molecule has 1 amide bonds. The summed E-state index contributed by atoms with van der Waals surface area (Å²) in [6.07, 6.45) is 1.38. The Morgan fingerprint density at radius 2 is 2.11 bits per heavy atom. The first-order chi connectivity index (χ1) is 9.28. The number of hydrogen-bond acceptors (Lipinski definition) is 4. The smallest absolute Gasteiger partial charge is 0.223 e. The van der Waals surface area contributed by atoms with Gasteiger partial charge in [-0.15, -0.1) is 0 Å². The number of benzene rings is 1. The summed E-state index contributed by atoms with van der Waals surface area (Å²) in [4.78, 5) is 11.7. The third-order valence-corrected chi connectivity index (χ3v) is 3.08. The number of carbonyl (C=O) groups excluding carboxylic acids is 1. The lowest BCUT2D eigenvalue weighted by atomic mass is 10.2. The van der Waals surface area contributed by atoms with Crippen molar-refractivity contribution in [2.75, 3.05) is 26.8 Å². The number of methoxy groups -OCH3 is 1. The topological polar surface area (TPSA) is 59.6 Å². The number of rotatable bonds is 6. The third kappa shape index (κ3) is 4.44. The number of ether oxygens (including phenoxy) is 2. The van der Waals surface area contributed by atoms with E-state index in [2.05, 4.69) is 10.6 Å². The zero-order valence-corrected chi connectivity index (χ0v) is 11.1. The second kappa shape index (κ2) is 6.99. The Bertz CT molecular complexity index is 400. The molecule has 1 atom stereocenters. The Balaban J connectivity index is 1.65. The third-order valence-electron chi connectivity index (χ3n) is 3.08. The van der Waals surface area contributed by atoms with Crippen LogP contribution in [0.25, 0.3) is 0 Å². The Morgan fingerprint density at radius 1 is 1.37 bits per heavy atom. The van der Waals surface area contributed by atoms with Crippen LogP contribution in [0.15, 0.2) is 24.3 Å². The molecule has 1 saturated heterocycles. The molecule has 0 radical (unpaired) electrons. The molecule has 1 aromatic carbocycles. The van der Waals surface area contributed by atoms with Crippen LogP contribution >= 0.6 is 0 Å². The van der Waals surface area contributed by atoms with E-state index in [0.717, 1.165) is 31.0 Å². The molecule has 1 aromatic rings. The molecule has 0 spiro atoms. The van der Waals surface area contributed by atoms with Crippen molar-refractivity contribution in [3.63, 3.8) is 0 Å². The maximum absolute atomic E-state index is 11.7. The van der Waals surface area contributed by atoms with Crippen LogP contribution in [0, 0.1) is 0 Å². The highest BCUT2D eigenvalue weighted by molar-refractivity contribution is 5.76. The first kappa shape index (κ1) is 13.7. The van der Waals surface area contributed by atoms with Crippen LogP contribution in [0.5, 0.6) is 11.5 Å². The van der Waals surface area contributed by atoms with Gasteiger partial charge in [0.1, 0.15) is 11.5 Å². The highest BCUT2D eigenvalue weighted by Gasteiger charge is 2.16. The molecule has 5 nitrogen and oxygen atoms in total. The van der Waals surface area contributed by atoms with Crippen LogP contribution in [0.3, 0.4) is 0 Å². The number of carbonyl (C=O) groups is 1. The fourth-order valence-corrected chi connectivity index (χ4v) is 2.01. The maximum atomic E-state index is 11.7. The zero-order chi connectivity index (χ0) is 13.5. The van der Waals surface area contributed by atoms with Crippen LogP contribution in [0.2, 0.25) is 0 Å². The quantitative estimate of drug-likeness (QED) is 0.803. The largest absolute Gasteiger partial charge is 0.497 e. The lowest BCUT2D eigenvalue weighted by Crippen LogP contribution is -2.36. The van der Waals surface area contributed by atoms with Gasteiger partial charge in [-0.1, -0.05) is 0 Å². The maximum Gasteiger partial charge on any atom is 0.223 e. The van der Waals surface area contributed by atoms with E-state index in [1.807, 2.05) is 24.3 Å². The first-order valence-corrected chi connectivity index (χ1v) is 6.55. The molecule has 1 heterocycles. The van der Waals surface area contributed by atoms with E-state index in [9.17, 15) is 4.79 Å². The van der Waals surface area contributed by atoms with E-state index >= 15 is 0 Å². The Morgan fingerprint density at radius 3 is 2.74 bits per heavy atom. The molecule has 104 valence electrons. The number of amides is 1. The van der Waals surface area contributed by atoms with Crippen molar-refractivity contribution in [1.29, 1.82) is 0 Å². The van der Waals surface area contributed by atoms with Crippen LogP contribution in [0.1, 0.15) is 12.8 Å². The van der Waals surface area contributed by atoms with Crippen molar-refractivity contribution in [2.24, 2.45) is 0 Å². The van der Waals surface area contributed by atoms with Crippen molar-refractivity contribution in [1.82, 2.24) is 10.6 Å². The molecule has 19 heavy (non-hydrogen) atoms. The molecule has 0 aromatic heterocycles. The monoisotopic (exact) mass is 264 g/mol. The normalized spacial score (nSPS) is 18.1. The standard InChI is InChI=1S/C14H20N2O3/c1-18-12-2-4-13(5-3-12)19-9-7-14(17)16-11-6-8-15-10-11/h2-5,11,15H,6-10H2,1H3,(H,16,17). The van der Waals surface area contributed by atoms with E-state index in [1.165, 1.54) is 0 Å². The first-order valence-electron chi connectivity index (χ1n) is 6.55. The Hall–Kier alpha value is -1.75. The highest BCUT2D eigenvalue weighted by atomic mass is 16.5. The van der Waals surface area contributed by atoms with Gasteiger partial charge in [0.05, 0.1) is 20.1 Å². The van der Waals surface area contributed by atoms with Gasteiger partial charge in [0, 0.05) is 12.6 Å². The predicted octanol–water partition coefficient (Wildman–Crippen LogP) is 0.942. The lowest BCUT2D eigenvalue weighted by Gasteiger charge is -2.11. The molecule has 2 N–H and O–H groups in total. The van der Waals surface area contributed by atoms with Crippen molar-refractivity contribution >= 4 is 5.91 Å². The Labute approximate surface area is 113 Å². The average molecular weight is 264 g/mol. The summed E-state index contributed by atoms with van der Waals surface area (Å²) in [5, 5.41) is 6.19. The summed E-state index contributed by atoms with van der Waals surface area (Å²) in [5.74, 6) is 1.58. The van der Waals surface area contributed by atoms with Gasteiger partial charge >= 0.3 is 0 Å². The Kier molecular flexibility index (Phi) is 5.03. The minimum atomic E-state index is 0.0437. The predicted molar refractivity (Wildman–Crippen MR) is 72.5 cm³/mol. The fourth-order valence-electron chi connectivity index (χ4n) is 2.01. The van der Waals surface area contributed by atoms with Crippen LogP contribution in [-0.4, -0.2) is 38.8 Å². The van der Waals surface area contributed by atoms with Gasteiger partial charge in [-0.05, 0) is 37.2 Å². The molecule has 0 bridgehead atoms. The van der Waals surface area contributed by atoms with Crippen LogP contribution in [-0.2, 0) is 4.79 Å². The van der Waals surface area contributed by atoms with Gasteiger partial charge in [0.15, 0.2) is 0 Å². The van der Waals surface area contributed by atoms with E-state index in [0.29, 0.717) is 13.0 Å².